The maximum absolute atomic E-state index is 13.0. The Morgan fingerprint density at radius 1 is 1.02 bits per heavy atom. The summed E-state index contributed by atoms with van der Waals surface area (Å²) in [6.45, 7) is 3.98. The zero-order valence-electron chi connectivity index (χ0n) is 24.7. The summed E-state index contributed by atoms with van der Waals surface area (Å²) in [5.41, 5.74) is 9.71. The highest BCUT2D eigenvalue weighted by molar-refractivity contribution is 5.91. The van der Waals surface area contributed by atoms with Crippen LogP contribution in [0.15, 0.2) is 60.7 Å². The molecule has 0 bridgehead atoms. The number of hydrogen-bond acceptors (Lipinski definition) is 7. The van der Waals surface area contributed by atoms with Crippen molar-refractivity contribution < 1.29 is 19.4 Å². The van der Waals surface area contributed by atoms with Gasteiger partial charge in [0.25, 0.3) is 0 Å². The molecule has 0 saturated heterocycles. The molecule has 5 rings (SSSR count). The first-order valence-electron chi connectivity index (χ1n) is 14.8. The number of aliphatic hydroxyl groups is 1. The van der Waals surface area contributed by atoms with Crippen LogP contribution in [-0.4, -0.2) is 57.5 Å². The summed E-state index contributed by atoms with van der Waals surface area (Å²) >= 11 is 0. The summed E-state index contributed by atoms with van der Waals surface area (Å²) in [6, 6.07) is 19.9. The fraction of sp³-hybridized carbons (Fsp3) is 0.455. The summed E-state index contributed by atoms with van der Waals surface area (Å²) in [4.78, 5) is 26.7. The summed E-state index contributed by atoms with van der Waals surface area (Å²) < 4.78 is 5.12. The molecule has 2 fully saturated rings. The van der Waals surface area contributed by atoms with Gasteiger partial charge in [0, 0.05) is 36.2 Å². The van der Waals surface area contributed by atoms with Crippen LogP contribution in [0.4, 0.5) is 10.6 Å². The quantitative estimate of drug-likeness (QED) is 0.326. The number of carbonyl (C=O) groups is 2. The van der Waals surface area contributed by atoms with Crippen LogP contribution in [0.25, 0.3) is 22.4 Å². The summed E-state index contributed by atoms with van der Waals surface area (Å²) in [5.74, 6) is 0.571. The van der Waals surface area contributed by atoms with Gasteiger partial charge >= 0.3 is 6.09 Å². The van der Waals surface area contributed by atoms with Crippen molar-refractivity contribution in [3.05, 3.63) is 66.2 Å². The van der Waals surface area contributed by atoms with Gasteiger partial charge in [-0.05, 0) is 75.5 Å². The Kier molecular flexibility index (Phi) is 8.61. The third-order valence-electron chi connectivity index (χ3n) is 8.67. The lowest BCUT2D eigenvalue weighted by Gasteiger charge is -2.49. The van der Waals surface area contributed by atoms with Crippen LogP contribution < -0.4 is 11.1 Å². The second-order valence-corrected chi connectivity index (χ2v) is 12.2. The Hall–Kier alpha value is -3.82. The van der Waals surface area contributed by atoms with Crippen LogP contribution >= 0.6 is 0 Å². The van der Waals surface area contributed by atoms with Gasteiger partial charge in [-0.2, -0.15) is 0 Å². The summed E-state index contributed by atoms with van der Waals surface area (Å²) in [7, 11) is 1.78. The SMILES string of the molecule is CCOC(=O)N(C)C1CCC(CC(=O)Nc2cc(-c3ccccc3)c(-c3ccc(C4(N)CC(C)(O)C4)cc3)nn2)CC1. The van der Waals surface area contributed by atoms with Gasteiger partial charge in [0.05, 0.1) is 12.2 Å². The molecule has 0 spiro atoms. The van der Waals surface area contributed by atoms with Crippen molar-refractivity contribution >= 4 is 17.8 Å². The van der Waals surface area contributed by atoms with E-state index in [2.05, 4.69) is 15.5 Å². The van der Waals surface area contributed by atoms with Crippen molar-refractivity contribution in [2.45, 2.75) is 76.0 Å². The normalized spacial score (nSPS) is 25.3. The molecule has 3 aromatic rings. The predicted molar refractivity (Wildman–Crippen MR) is 162 cm³/mol. The molecule has 2 aromatic carbocycles. The van der Waals surface area contributed by atoms with Gasteiger partial charge in [0.2, 0.25) is 5.91 Å². The fourth-order valence-corrected chi connectivity index (χ4v) is 6.54. The van der Waals surface area contributed by atoms with E-state index >= 15 is 0 Å². The third-order valence-corrected chi connectivity index (χ3v) is 8.67. The molecule has 2 saturated carbocycles. The van der Waals surface area contributed by atoms with Crippen molar-refractivity contribution in [3.8, 4) is 22.4 Å². The average molecular weight is 572 g/mol. The molecule has 1 aromatic heterocycles. The van der Waals surface area contributed by atoms with Crippen LogP contribution in [0.3, 0.4) is 0 Å². The molecule has 0 atom stereocenters. The number of rotatable bonds is 8. The fourth-order valence-electron chi connectivity index (χ4n) is 6.54. The lowest BCUT2D eigenvalue weighted by molar-refractivity contribution is -0.117. The standard InChI is InChI=1S/C33H41N5O4/c1-4-42-31(40)38(3)26-16-10-22(11-17-26)18-29(39)35-28-19-27(23-8-6-5-7-9-23)30(37-36-28)24-12-14-25(15-13-24)33(34)20-32(2,41)21-33/h5-9,12-15,19,22,26,41H,4,10-11,16-18,20-21,34H2,1-3H3,(H,35,36,39). The molecule has 9 nitrogen and oxygen atoms in total. The maximum atomic E-state index is 13.0. The molecule has 9 heteroatoms. The van der Waals surface area contributed by atoms with Crippen LogP contribution in [-0.2, 0) is 15.1 Å². The lowest BCUT2D eigenvalue weighted by Crippen LogP contribution is -2.58. The molecule has 0 radical (unpaired) electrons. The number of aromatic nitrogens is 2. The number of nitrogens with one attached hydrogen (secondary N) is 1. The monoisotopic (exact) mass is 571 g/mol. The highest BCUT2D eigenvalue weighted by Crippen LogP contribution is 2.46. The van der Waals surface area contributed by atoms with E-state index in [9.17, 15) is 14.7 Å². The molecule has 4 N–H and O–H groups in total. The van der Waals surface area contributed by atoms with Crippen LogP contribution in [0.1, 0.15) is 64.4 Å². The number of nitrogens with zero attached hydrogens (tertiary/aromatic N) is 3. The van der Waals surface area contributed by atoms with Crippen molar-refractivity contribution in [2.75, 3.05) is 19.0 Å². The molecule has 42 heavy (non-hydrogen) atoms. The van der Waals surface area contributed by atoms with Crippen molar-refractivity contribution in [1.29, 1.82) is 0 Å². The summed E-state index contributed by atoms with van der Waals surface area (Å²) in [6.07, 6.45) is 4.60. The maximum Gasteiger partial charge on any atom is 0.409 e. The van der Waals surface area contributed by atoms with Crippen LogP contribution in [0.5, 0.6) is 0 Å². The molecule has 2 aliphatic rings. The average Bonchev–Trinajstić information content (AvgIpc) is 2.97. The van der Waals surface area contributed by atoms with E-state index in [0.29, 0.717) is 37.4 Å². The van der Waals surface area contributed by atoms with Gasteiger partial charge in [0.15, 0.2) is 5.82 Å². The molecule has 2 aliphatic carbocycles. The minimum Gasteiger partial charge on any atom is -0.450 e. The molecule has 222 valence electrons. The van der Waals surface area contributed by atoms with E-state index in [0.717, 1.165) is 47.9 Å². The molecular formula is C33H41N5O4. The van der Waals surface area contributed by atoms with E-state index in [1.165, 1.54) is 0 Å². The molecule has 2 amide bonds. The Morgan fingerprint density at radius 3 is 2.31 bits per heavy atom. The smallest absolute Gasteiger partial charge is 0.409 e. The Labute approximate surface area is 247 Å². The Balaban J connectivity index is 1.27. The second kappa shape index (κ2) is 12.2. The number of ether oxygens (including phenoxy) is 1. The molecular weight excluding hydrogens is 530 g/mol. The van der Waals surface area contributed by atoms with Crippen molar-refractivity contribution in [1.82, 2.24) is 15.1 Å². The Morgan fingerprint density at radius 2 is 1.69 bits per heavy atom. The van der Waals surface area contributed by atoms with E-state index in [4.69, 9.17) is 10.5 Å². The van der Waals surface area contributed by atoms with Crippen molar-refractivity contribution in [3.63, 3.8) is 0 Å². The summed E-state index contributed by atoms with van der Waals surface area (Å²) in [5, 5.41) is 22.1. The number of amides is 2. The van der Waals surface area contributed by atoms with E-state index in [-0.39, 0.29) is 24.0 Å². The zero-order valence-corrected chi connectivity index (χ0v) is 24.7. The molecule has 0 aliphatic heterocycles. The van der Waals surface area contributed by atoms with Crippen LogP contribution in [0.2, 0.25) is 0 Å². The third kappa shape index (κ3) is 6.63. The van der Waals surface area contributed by atoms with Crippen LogP contribution in [0, 0.1) is 5.92 Å². The second-order valence-electron chi connectivity index (χ2n) is 12.2. The topological polar surface area (TPSA) is 131 Å². The molecule has 0 unspecified atom stereocenters. The van der Waals surface area contributed by atoms with Gasteiger partial charge in [-0.3, -0.25) is 4.79 Å². The first kappa shape index (κ1) is 29.7. The predicted octanol–water partition coefficient (Wildman–Crippen LogP) is 5.49. The Bertz CT molecular complexity index is 1390. The van der Waals surface area contributed by atoms with Gasteiger partial charge in [-0.25, -0.2) is 4.79 Å². The first-order chi connectivity index (χ1) is 20.1. The first-order valence-corrected chi connectivity index (χ1v) is 14.8. The number of hydrogen-bond donors (Lipinski definition) is 3. The highest BCUT2D eigenvalue weighted by Gasteiger charge is 2.49. The number of nitrogens with two attached hydrogens (primary N) is 1. The van der Waals surface area contributed by atoms with Gasteiger partial charge in [-0.1, -0.05) is 54.6 Å². The van der Waals surface area contributed by atoms with E-state index in [1.807, 2.05) is 67.6 Å². The largest absolute Gasteiger partial charge is 0.450 e. The van der Waals surface area contributed by atoms with Gasteiger partial charge in [-0.15, -0.1) is 10.2 Å². The molecule has 1 heterocycles. The van der Waals surface area contributed by atoms with Gasteiger partial charge in [0.1, 0.15) is 5.69 Å². The van der Waals surface area contributed by atoms with E-state index in [1.54, 1.807) is 18.9 Å². The number of carbonyl (C=O) groups excluding carboxylic acids is 2. The van der Waals surface area contributed by atoms with Crippen molar-refractivity contribution in [2.24, 2.45) is 11.7 Å². The minimum atomic E-state index is -0.722. The van der Waals surface area contributed by atoms with Gasteiger partial charge < -0.3 is 25.8 Å². The lowest BCUT2D eigenvalue weighted by atomic mass is 9.63. The zero-order chi connectivity index (χ0) is 29.9. The number of benzene rings is 2. The number of anilines is 1. The minimum absolute atomic E-state index is 0.0905. The van der Waals surface area contributed by atoms with E-state index < -0.39 is 11.1 Å². The highest BCUT2D eigenvalue weighted by atomic mass is 16.6.